The molecule has 0 aromatic rings. The molecule has 4 N–H and O–H groups in total. The Bertz CT molecular complexity index is 588. The van der Waals surface area contributed by atoms with E-state index < -0.39 is 35.1 Å². The third kappa shape index (κ3) is 1.58. The number of rotatable bonds is 1. The summed E-state index contributed by atoms with van der Waals surface area (Å²) in [6.45, 7) is 5.78. The van der Waals surface area contributed by atoms with Crippen LogP contribution in [0.4, 0.5) is 0 Å². The van der Waals surface area contributed by atoms with Gasteiger partial charge >= 0.3 is 0 Å². The van der Waals surface area contributed by atoms with E-state index in [0.29, 0.717) is 31.3 Å². The molecule has 4 aliphatic carbocycles. The molecule has 0 aromatic heterocycles. The van der Waals surface area contributed by atoms with Gasteiger partial charge in [-0.3, -0.25) is 4.79 Å². The van der Waals surface area contributed by atoms with E-state index in [0.717, 1.165) is 6.42 Å². The Labute approximate surface area is 142 Å². The molecule has 1 spiro atoms. The molecule has 24 heavy (non-hydrogen) atoms. The molecule has 4 aliphatic rings. The zero-order valence-corrected chi connectivity index (χ0v) is 14.2. The fraction of sp³-hybridized carbons (Fsp3) is 0.842. The summed E-state index contributed by atoms with van der Waals surface area (Å²) in [6, 6.07) is 0. The van der Waals surface area contributed by atoms with Crippen LogP contribution in [0.3, 0.4) is 0 Å². The Balaban J connectivity index is 1.92. The van der Waals surface area contributed by atoms with Gasteiger partial charge in [-0.2, -0.15) is 0 Å². The molecule has 0 heterocycles. The molecule has 9 atom stereocenters. The highest BCUT2D eigenvalue weighted by Crippen LogP contribution is 2.69. The Morgan fingerprint density at radius 3 is 2.50 bits per heavy atom. The fourth-order valence-electron chi connectivity index (χ4n) is 7.06. The smallest absolute Gasteiger partial charge is 0.170 e. The van der Waals surface area contributed by atoms with E-state index in [1.807, 2.05) is 0 Å². The normalized spacial score (nSPS) is 56.8. The molecule has 4 saturated carbocycles. The van der Waals surface area contributed by atoms with Crippen molar-refractivity contribution in [1.82, 2.24) is 0 Å². The molecule has 2 bridgehead atoms. The quantitative estimate of drug-likeness (QED) is 0.527. The van der Waals surface area contributed by atoms with Crippen molar-refractivity contribution in [2.75, 3.05) is 6.61 Å². The lowest BCUT2D eigenvalue weighted by atomic mass is 9.41. The van der Waals surface area contributed by atoms with Gasteiger partial charge in [0.25, 0.3) is 0 Å². The van der Waals surface area contributed by atoms with Gasteiger partial charge in [0, 0.05) is 11.3 Å². The second kappa shape index (κ2) is 5.13. The van der Waals surface area contributed by atoms with Crippen LogP contribution in [-0.2, 0) is 4.79 Å². The lowest BCUT2D eigenvalue weighted by Gasteiger charge is -2.64. The number of ketones is 1. The molecule has 0 saturated heterocycles. The Morgan fingerprint density at radius 1 is 1.12 bits per heavy atom. The van der Waals surface area contributed by atoms with Crippen molar-refractivity contribution in [2.45, 2.75) is 57.3 Å². The minimum Gasteiger partial charge on any atom is -0.396 e. The molecule has 0 aliphatic heterocycles. The van der Waals surface area contributed by atoms with E-state index >= 15 is 0 Å². The first-order valence-corrected chi connectivity index (χ1v) is 9.22. The summed E-state index contributed by atoms with van der Waals surface area (Å²) in [5.41, 5.74) is -1.70. The van der Waals surface area contributed by atoms with Crippen LogP contribution in [0.15, 0.2) is 12.2 Å². The number of aliphatic hydroxyl groups is 4. The minimum absolute atomic E-state index is 0.0395. The average molecular weight is 336 g/mol. The van der Waals surface area contributed by atoms with Gasteiger partial charge in [0.1, 0.15) is 0 Å². The van der Waals surface area contributed by atoms with E-state index in [1.54, 1.807) is 0 Å². The SMILES string of the molecule is C=C1C(=O)[C@@]23[C@H](O)C[C@@H]4C(C)CC[C@H](O)[C@@]4(CO)[C@@H]2CC[C@@H]1[C@H]3O. The van der Waals surface area contributed by atoms with E-state index in [9.17, 15) is 25.2 Å². The Hall–Kier alpha value is -0.750. The molecule has 5 nitrogen and oxygen atoms in total. The predicted octanol–water partition coefficient (Wildman–Crippen LogP) is 0.649. The molecule has 4 fully saturated rings. The van der Waals surface area contributed by atoms with Crippen molar-refractivity contribution < 1.29 is 25.2 Å². The summed E-state index contributed by atoms with van der Waals surface area (Å²) >= 11 is 0. The fourth-order valence-corrected chi connectivity index (χ4v) is 7.06. The molecule has 4 rings (SSSR count). The highest BCUT2D eigenvalue weighted by Gasteiger charge is 2.75. The van der Waals surface area contributed by atoms with Crippen molar-refractivity contribution >= 4 is 5.78 Å². The van der Waals surface area contributed by atoms with Crippen LogP contribution in [0.2, 0.25) is 0 Å². The first-order chi connectivity index (χ1) is 11.3. The van der Waals surface area contributed by atoms with Gasteiger partial charge in [-0.05, 0) is 55.4 Å². The molecule has 5 heteroatoms. The first kappa shape index (κ1) is 16.7. The molecule has 0 aromatic carbocycles. The Kier molecular flexibility index (Phi) is 3.57. The number of fused-ring (bicyclic) bond motifs is 3. The van der Waals surface area contributed by atoms with Crippen molar-refractivity contribution in [3.8, 4) is 0 Å². The maximum atomic E-state index is 13.1. The van der Waals surface area contributed by atoms with Crippen molar-refractivity contribution in [1.29, 1.82) is 0 Å². The third-order valence-electron chi connectivity index (χ3n) is 8.19. The van der Waals surface area contributed by atoms with Crippen LogP contribution in [0.5, 0.6) is 0 Å². The van der Waals surface area contributed by atoms with Gasteiger partial charge in [-0.25, -0.2) is 0 Å². The molecule has 1 unspecified atom stereocenters. The maximum absolute atomic E-state index is 13.1. The minimum atomic E-state index is -1.29. The lowest BCUT2D eigenvalue weighted by molar-refractivity contribution is -0.255. The summed E-state index contributed by atoms with van der Waals surface area (Å²) < 4.78 is 0. The van der Waals surface area contributed by atoms with Crippen molar-refractivity contribution in [3.63, 3.8) is 0 Å². The number of hydrogen-bond donors (Lipinski definition) is 4. The van der Waals surface area contributed by atoms with Gasteiger partial charge < -0.3 is 20.4 Å². The zero-order valence-electron chi connectivity index (χ0n) is 14.2. The molecular weight excluding hydrogens is 308 g/mol. The van der Waals surface area contributed by atoms with E-state index in [1.165, 1.54) is 0 Å². The molecule has 0 radical (unpaired) electrons. The van der Waals surface area contributed by atoms with Crippen LogP contribution in [0.25, 0.3) is 0 Å². The van der Waals surface area contributed by atoms with Crippen LogP contribution >= 0.6 is 0 Å². The van der Waals surface area contributed by atoms with Crippen LogP contribution in [-0.4, -0.2) is 51.1 Å². The molecule has 0 amide bonds. The topological polar surface area (TPSA) is 98.0 Å². The highest BCUT2D eigenvalue weighted by atomic mass is 16.3. The number of aliphatic hydroxyl groups excluding tert-OH is 4. The number of hydrogen-bond acceptors (Lipinski definition) is 5. The summed E-state index contributed by atoms with van der Waals surface area (Å²) in [5.74, 6) is -0.718. The number of carbonyl (C=O) groups is 1. The second-order valence-corrected chi connectivity index (χ2v) is 8.67. The highest BCUT2D eigenvalue weighted by molar-refractivity contribution is 6.04. The predicted molar refractivity (Wildman–Crippen MR) is 86.8 cm³/mol. The summed E-state index contributed by atoms with van der Waals surface area (Å²) in [5, 5.41) is 43.3. The Morgan fingerprint density at radius 2 is 1.83 bits per heavy atom. The van der Waals surface area contributed by atoms with Gasteiger partial charge in [-0.1, -0.05) is 13.5 Å². The summed E-state index contributed by atoms with van der Waals surface area (Å²) in [4.78, 5) is 13.1. The van der Waals surface area contributed by atoms with E-state index in [4.69, 9.17) is 0 Å². The standard InChI is InChI=1S/C19H28O5/c1-9-3-6-14(21)18(8-20)12(9)7-15(22)19-13(18)5-4-11(17(19)24)10(2)16(19)23/h9,11-15,17,20-22,24H,2-8H2,1H3/t9?,11-,12+,13-,14-,15+,17+,18+,19-/m0/s1. The number of carbonyl (C=O) groups excluding carboxylic acids is 1. The second-order valence-electron chi connectivity index (χ2n) is 8.67. The maximum Gasteiger partial charge on any atom is 0.170 e. The number of Topliss-reactive ketones (excluding diaryl/α,β-unsaturated/α-hetero) is 1. The zero-order chi connectivity index (χ0) is 17.4. The van der Waals surface area contributed by atoms with Gasteiger partial charge in [0.2, 0.25) is 0 Å². The van der Waals surface area contributed by atoms with Gasteiger partial charge in [0.15, 0.2) is 5.78 Å². The van der Waals surface area contributed by atoms with E-state index in [2.05, 4.69) is 13.5 Å². The molecule has 134 valence electrons. The lowest BCUT2D eigenvalue weighted by Crippen LogP contribution is -2.70. The largest absolute Gasteiger partial charge is 0.396 e. The van der Waals surface area contributed by atoms with Gasteiger partial charge in [0.05, 0.1) is 30.3 Å². The average Bonchev–Trinajstić information content (AvgIpc) is 2.68. The van der Waals surface area contributed by atoms with Crippen LogP contribution in [0.1, 0.15) is 39.0 Å². The van der Waals surface area contributed by atoms with Gasteiger partial charge in [-0.15, -0.1) is 0 Å². The first-order valence-electron chi connectivity index (χ1n) is 9.22. The van der Waals surface area contributed by atoms with E-state index in [-0.39, 0.29) is 30.1 Å². The van der Waals surface area contributed by atoms with Crippen molar-refractivity contribution in [2.24, 2.45) is 34.5 Å². The summed E-state index contributed by atoms with van der Waals surface area (Å²) in [7, 11) is 0. The van der Waals surface area contributed by atoms with Crippen LogP contribution < -0.4 is 0 Å². The van der Waals surface area contributed by atoms with Crippen molar-refractivity contribution in [3.05, 3.63) is 12.2 Å². The summed E-state index contributed by atoms with van der Waals surface area (Å²) in [6.07, 6.45) is 0.442. The monoisotopic (exact) mass is 336 g/mol. The third-order valence-corrected chi connectivity index (χ3v) is 8.19. The molecular formula is C19H28O5. The van der Waals surface area contributed by atoms with Crippen LogP contribution in [0, 0.1) is 34.5 Å².